The molecule has 0 N–H and O–H groups in total. The smallest absolute Gasteiger partial charge is 0.270 e. The molecule has 0 aliphatic carbocycles. The van der Waals surface area contributed by atoms with E-state index in [4.69, 9.17) is 16.3 Å². The highest BCUT2D eigenvalue weighted by molar-refractivity contribution is 7.22. The fourth-order valence-corrected chi connectivity index (χ4v) is 4.40. The first-order valence-electron chi connectivity index (χ1n) is 9.81. The minimum atomic E-state index is -0.546. The number of anilines is 1. The van der Waals surface area contributed by atoms with E-state index in [2.05, 4.69) is 23.7 Å². The molecule has 0 radical (unpaired) electrons. The molecule has 0 atom stereocenters. The molecule has 172 valence electrons. The number of amides is 1. The first-order chi connectivity index (χ1) is 14.9. The molecule has 0 saturated heterocycles. The molecule has 3 rings (SSSR count). The summed E-state index contributed by atoms with van der Waals surface area (Å²) in [5.41, 5.74) is 0.542. The lowest BCUT2D eigenvalue weighted by Gasteiger charge is -2.25. The number of non-ortho nitro benzene ring substituents is 1. The molecule has 0 bridgehead atoms. The summed E-state index contributed by atoms with van der Waals surface area (Å²) in [7, 11) is 1.57. The zero-order valence-electron chi connectivity index (χ0n) is 17.9. The summed E-state index contributed by atoms with van der Waals surface area (Å²) in [6.45, 7) is 6.76. The van der Waals surface area contributed by atoms with Crippen LogP contribution in [-0.2, 0) is 0 Å². The van der Waals surface area contributed by atoms with E-state index >= 15 is 0 Å². The Labute approximate surface area is 201 Å². The molecule has 1 amide bonds. The van der Waals surface area contributed by atoms with E-state index in [0.717, 1.165) is 17.8 Å². The Morgan fingerprint density at radius 2 is 1.94 bits per heavy atom. The van der Waals surface area contributed by atoms with Gasteiger partial charge in [0.15, 0.2) is 5.13 Å². The summed E-state index contributed by atoms with van der Waals surface area (Å²) in [4.78, 5) is 32.5. The van der Waals surface area contributed by atoms with Crippen molar-refractivity contribution in [1.29, 1.82) is 0 Å². The molecule has 1 aromatic heterocycles. The number of ether oxygens (including phenoxy) is 1. The van der Waals surface area contributed by atoms with Crippen LogP contribution in [0, 0.1) is 10.1 Å². The van der Waals surface area contributed by atoms with Crippen molar-refractivity contribution < 1.29 is 14.5 Å². The van der Waals surface area contributed by atoms with Crippen LogP contribution < -0.4 is 9.64 Å². The predicted octanol–water partition coefficient (Wildman–Crippen LogP) is 5.28. The third-order valence-corrected chi connectivity index (χ3v) is 6.37. The molecule has 0 aliphatic heterocycles. The maximum Gasteiger partial charge on any atom is 0.270 e. The summed E-state index contributed by atoms with van der Waals surface area (Å²) in [6, 6.07) is 9.45. The first kappa shape index (κ1) is 25.8. The van der Waals surface area contributed by atoms with Crippen molar-refractivity contribution in [2.45, 2.75) is 13.8 Å². The molecule has 32 heavy (non-hydrogen) atoms. The largest absolute Gasteiger partial charge is 0.494 e. The van der Waals surface area contributed by atoms with E-state index < -0.39 is 10.8 Å². The number of para-hydroxylation sites is 1. The molecular formula is C21H24Cl2N4O4S. The van der Waals surface area contributed by atoms with Crippen LogP contribution in [0.4, 0.5) is 10.8 Å². The number of carbonyl (C=O) groups is 1. The highest BCUT2D eigenvalue weighted by Gasteiger charge is 2.26. The van der Waals surface area contributed by atoms with Gasteiger partial charge in [0.05, 0.1) is 27.3 Å². The van der Waals surface area contributed by atoms with Crippen molar-refractivity contribution in [3.05, 3.63) is 57.1 Å². The molecule has 3 aromatic rings. The number of methoxy groups -OCH3 is 1. The standard InChI is InChI=1S/C21H23ClN4O4S.ClH/c1-4-24(5-2)11-12-25(20(27)15-13-14(26(28)29)9-10-16(15)22)21-23-19-17(30-3)7-6-8-18(19)31-21;/h6-10,13H,4-5,11-12H2,1-3H3;1H. The van der Waals surface area contributed by atoms with Gasteiger partial charge in [-0.05, 0) is 31.3 Å². The number of aromatic nitrogens is 1. The Bertz CT molecular complexity index is 1100. The zero-order valence-corrected chi connectivity index (χ0v) is 20.3. The van der Waals surface area contributed by atoms with E-state index in [-0.39, 0.29) is 28.7 Å². The number of rotatable bonds is 9. The number of benzene rings is 2. The minimum absolute atomic E-state index is 0. The third-order valence-electron chi connectivity index (χ3n) is 4.99. The number of hydrogen-bond acceptors (Lipinski definition) is 7. The topological polar surface area (TPSA) is 88.8 Å². The molecule has 1 heterocycles. The number of nitro benzene ring substituents is 1. The molecule has 0 spiro atoms. The van der Waals surface area contributed by atoms with E-state index in [1.807, 2.05) is 18.2 Å². The lowest BCUT2D eigenvalue weighted by molar-refractivity contribution is -0.384. The van der Waals surface area contributed by atoms with E-state index in [1.165, 1.54) is 34.4 Å². The van der Waals surface area contributed by atoms with Gasteiger partial charge in [0.25, 0.3) is 11.6 Å². The van der Waals surface area contributed by atoms with Gasteiger partial charge in [0, 0.05) is 25.2 Å². The maximum atomic E-state index is 13.5. The first-order valence-corrected chi connectivity index (χ1v) is 11.0. The van der Waals surface area contributed by atoms with E-state index in [9.17, 15) is 14.9 Å². The highest BCUT2D eigenvalue weighted by atomic mass is 35.5. The summed E-state index contributed by atoms with van der Waals surface area (Å²) < 4.78 is 6.27. The number of halogens is 2. The quantitative estimate of drug-likeness (QED) is 0.294. The SMILES string of the molecule is CCN(CC)CCN(C(=O)c1cc([N+](=O)[O-])ccc1Cl)c1nc2c(OC)cccc2s1.Cl. The average Bonchev–Trinajstić information content (AvgIpc) is 3.20. The molecule has 0 saturated carbocycles. The van der Waals surface area contributed by atoms with E-state index in [0.29, 0.717) is 29.5 Å². The van der Waals surface area contributed by atoms with Gasteiger partial charge in [0.2, 0.25) is 0 Å². The van der Waals surface area contributed by atoms with Crippen molar-refractivity contribution >= 4 is 62.3 Å². The highest BCUT2D eigenvalue weighted by Crippen LogP contribution is 2.35. The van der Waals surface area contributed by atoms with Gasteiger partial charge in [-0.2, -0.15) is 0 Å². The second kappa shape index (κ2) is 11.4. The molecule has 0 aliphatic rings. The van der Waals surface area contributed by atoms with Gasteiger partial charge >= 0.3 is 0 Å². The fourth-order valence-electron chi connectivity index (χ4n) is 3.19. The maximum absolute atomic E-state index is 13.5. The average molecular weight is 499 g/mol. The number of nitro groups is 1. The van der Waals surface area contributed by atoms with Gasteiger partial charge < -0.3 is 9.64 Å². The monoisotopic (exact) mass is 498 g/mol. The summed E-state index contributed by atoms with van der Waals surface area (Å²) >= 11 is 7.61. The van der Waals surface area contributed by atoms with Gasteiger partial charge in [-0.1, -0.05) is 42.9 Å². The van der Waals surface area contributed by atoms with Gasteiger partial charge in [-0.15, -0.1) is 12.4 Å². The second-order valence-electron chi connectivity index (χ2n) is 6.71. The van der Waals surface area contributed by atoms with Crippen molar-refractivity contribution in [3.63, 3.8) is 0 Å². The molecule has 0 fully saturated rings. The number of fused-ring (bicyclic) bond motifs is 1. The Hall–Kier alpha value is -2.46. The van der Waals surface area contributed by atoms with Crippen LogP contribution in [0.2, 0.25) is 5.02 Å². The van der Waals surface area contributed by atoms with Gasteiger partial charge in [-0.3, -0.25) is 19.8 Å². The molecular weight excluding hydrogens is 475 g/mol. The van der Waals surface area contributed by atoms with Gasteiger partial charge in [0.1, 0.15) is 11.3 Å². The lowest BCUT2D eigenvalue weighted by atomic mass is 10.1. The van der Waals surface area contributed by atoms with Crippen LogP contribution in [0.15, 0.2) is 36.4 Å². The van der Waals surface area contributed by atoms with Crippen molar-refractivity contribution in [2.24, 2.45) is 0 Å². The number of hydrogen-bond donors (Lipinski definition) is 0. The molecule has 2 aromatic carbocycles. The normalized spacial score (nSPS) is 10.8. The van der Waals surface area contributed by atoms with Crippen LogP contribution in [0.1, 0.15) is 24.2 Å². The van der Waals surface area contributed by atoms with E-state index in [1.54, 1.807) is 7.11 Å². The van der Waals surface area contributed by atoms with Crippen molar-refractivity contribution in [1.82, 2.24) is 9.88 Å². The molecule has 8 nitrogen and oxygen atoms in total. The molecule has 11 heteroatoms. The lowest BCUT2D eigenvalue weighted by Crippen LogP contribution is -2.39. The number of nitrogens with zero attached hydrogens (tertiary/aromatic N) is 4. The fraction of sp³-hybridized carbons (Fsp3) is 0.333. The van der Waals surface area contributed by atoms with Crippen molar-refractivity contribution in [3.8, 4) is 5.75 Å². The Balaban J connectivity index is 0.00000363. The van der Waals surface area contributed by atoms with Crippen LogP contribution in [0.3, 0.4) is 0 Å². The minimum Gasteiger partial charge on any atom is -0.494 e. The second-order valence-corrected chi connectivity index (χ2v) is 8.12. The Morgan fingerprint density at radius 3 is 2.56 bits per heavy atom. The van der Waals surface area contributed by atoms with Gasteiger partial charge in [-0.25, -0.2) is 4.98 Å². The van der Waals surface area contributed by atoms with Crippen LogP contribution >= 0.6 is 35.3 Å². The zero-order chi connectivity index (χ0) is 22.5. The van der Waals surface area contributed by atoms with Crippen LogP contribution in [-0.4, -0.2) is 54.0 Å². The number of likely N-dealkylation sites (N-methyl/N-ethyl adjacent to an activating group) is 1. The number of carbonyl (C=O) groups excluding carboxylic acids is 1. The predicted molar refractivity (Wildman–Crippen MR) is 131 cm³/mol. The third kappa shape index (κ3) is 5.47. The summed E-state index contributed by atoms with van der Waals surface area (Å²) in [5, 5.41) is 11.9. The summed E-state index contributed by atoms with van der Waals surface area (Å²) in [5.74, 6) is 0.184. The van der Waals surface area contributed by atoms with Crippen LogP contribution in [0.25, 0.3) is 10.2 Å². The molecule has 0 unspecified atom stereocenters. The van der Waals surface area contributed by atoms with Crippen LogP contribution in [0.5, 0.6) is 5.75 Å². The Morgan fingerprint density at radius 1 is 1.22 bits per heavy atom. The number of thiazole rings is 1. The Kier molecular flexibility index (Phi) is 9.21. The van der Waals surface area contributed by atoms with Crippen molar-refractivity contribution in [2.75, 3.05) is 38.2 Å². The summed E-state index contributed by atoms with van der Waals surface area (Å²) in [6.07, 6.45) is 0.